The van der Waals surface area contributed by atoms with E-state index in [9.17, 15) is 0 Å². The van der Waals surface area contributed by atoms with Gasteiger partial charge in [-0.1, -0.05) is 35.9 Å². The van der Waals surface area contributed by atoms with Gasteiger partial charge in [-0.05, 0) is 53.5 Å². The quantitative estimate of drug-likeness (QED) is 0.561. The van der Waals surface area contributed by atoms with Crippen LogP contribution in [0.25, 0.3) is 0 Å². The van der Waals surface area contributed by atoms with Crippen molar-refractivity contribution in [1.82, 2.24) is 9.97 Å². The molecule has 2 nitrogen and oxygen atoms in total. The van der Waals surface area contributed by atoms with Crippen molar-refractivity contribution in [2.75, 3.05) is 0 Å². The van der Waals surface area contributed by atoms with E-state index < -0.39 is 0 Å². The van der Waals surface area contributed by atoms with Gasteiger partial charge in [0.1, 0.15) is 11.0 Å². The summed E-state index contributed by atoms with van der Waals surface area (Å²) in [4.78, 5) is 9.04. The number of benzene rings is 1. The van der Waals surface area contributed by atoms with Gasteiger partial charge in [0.25, 0.3) is 0 Å². The third-order valence-electron chi connectivity index (χ3n) is 3.41. The molecule has 1 aromatic heterocycles. The van der Waals surface area contributed by atoms with E-state index in [-0.39, 0.29) is 0 Å². The van der Waals surface area contributed by atoms with Crippen LogP contribution in [0.5, 0.6) is 0 Å². The maximum absolute atomic E-state index is 6.15. The zero-order chi connectivity index (χ0) is 12.7. The summed E-state index contributed by atoms with van der Waals surface area (Å²) in [6.07, 6.45) is 2.04. The number of hydrogen-bond acceptors (Lipinski definition) is 2. The monoisotopic (exact) mass is 370 g/mol. The van der Waals surface area contributed by atoms with Crippen molar-refractivity contribution >= 4 is 34.2 Å². The molecule has 0 atom stereocenters. The minimum atomic E-state index is 0.371. The van der Waals surface area contributed by atoms with Crippen molar-refractivity contribution in [3.63, 3.8) is 0 Å². The lowest BCUT2D eigenvalue weighted by molar-refractivity contribution is 0.676. The van der Waals surface area contributed by atoms with E-state index in [2.05, 4.69) is 56.8 Å². The fraction of sp³-hybridized carbons (Fsp3) is 0.286. The topological polar surface area (TPSA) is 25.8 Å². The summed E-state index contributed by atoms with van der Waals surface area (Å²) in [6, 6.07) is 8.56. The van der Waals surface area contributed by atoms with Gasteiger partial charge in [0, 0.05) is 5.92 Å². The summed E-state index contributed by atoms with van der Waals surface area (Å²) in [6.45, 7) is 1.99. The smallest absolute Gasteiger partial charge is 0.146 e. The van der Waals surface area contributed by atoms with Crippen LogP contribution >= 0.6 is 34.2 Å². The minimum absolute atomic E-state index is 0.371. The highest BCUT2D eigenvalue weighted by molar-refractivity contribution is 14.1. The molecule has 1 aliphatic carbocycles. The van der Waals surface area contributed by atoms with Gasteiger partial charge in [0.15, 0.2) is 0 Å². The Morgan fingerprint density at radius 3 is 2.33 bits per heavy atom. The zero-order valence-electron chi connectivity index (χ0n) is 9.95. The van der Waals surface area contributed by atoms with E-state index in [0.717, 1.165) is 27.9 Å². The average Bonchev–Trinajstić information content (AvgIpc) is 2.79. The first-order chi connectivity index (χ1) is 8.65. The third kappa shape index (κ3) is 2.14. The molecule has 18 heavy (non-hydrogen) atoms. The lowest BCUT2D eigenvalue weighted by Gasteiger charge is -2.10. The summed E-state index contributed by atoms with van der Waals surface area (Å²) in [7, 11) is 0. The fourth-order valence-corrected chi connectivity index (χ4v) is 2.93. The van der Waals surface area contributed by atoms with Crippen molar-refractivity contribution in [2.24, 2.45) is 0 Å². The Labute approximate surface area is 125 Å². The van der Waals surface area contributed by atoms with Gasteiger partial charge < -0.3 is 0 Å². The molecule has 92 valence electrons. The van der Waals surface area contributed by atoms with Gasteiger partial charge in [-0.25, -0.2) is 9.97 Å². The average molecular weight is 371 g/mol. The standard InChI is InChI=1S/C14H12ClIN2/c1-8-12(16)13(15)18-14(17-8)11-6-9-4-2-3-5-10(9)7-11/h2-5,11H,6-7H2,1H3. The van der Waals surface area contributed by atoms with Gasteiger partial charge in [0.05, 0.1) is 9.26 Å². The molecule has 0 aliphatic heterocycles. The summed E-state index contributed by atoms with van der Waals surface area (Å²) in [5, 5.41) is 0.578. The summed E-state index contributed by atoms with van der Waals surface area (Å²) >= 11 is 8.34. The molecule has 0 saturated carbocycles. The normalized spacial score (nSPS) is 14.8. The lowest BCUT2D eigenvalue weighted by atomic mass is 10.1. The Hall–Kier alpha value is -0.680. The van der Waals surface area contributed by atoms with Crippen molar-refractivity contribution in [3.05, 3.63) is 55.6 Å². The Kier molecular flexibility index (Phi) is 3.28. The fourth-order valence-electron chi connectivity index (χ4n) is 2.47. The Morgan fingerprint density at radius 2 is 1.78 bits per heavy atom. The van der Waals surface area contributed by atoms with Gasteiger partial charge in [-0.3, -0.25) is 0 Å². The maximum Gasteiger partial charge on any atom is 0.146 e. The second-order valence-electron chi connectivity index (χ2n) is 4.65. The highest BCUT2D eigenvalue weighted by Gasteiger charge is 2.25. The summed E-state index contributed by atoms with van der Waals surface area (Å²) in [5.74, 6) is 1.25. The van der Waals surface area contributed by atoms with Crippen molar-refractivity contribution in [3.8, 4) is 0 Å². The predicted octanol–water partition coefficient (Wildman–Crippen LogP) is 3.93. The van der Waals surface area contributed by atoms with Crippen LogP contribution in [-0.2, 0) is 12.8 Å². The number of halogens is 2. The van der Waals surface area contributed by atoms with Crippen molar-refractivity contribution in [1.29, 1.82) is 0 Å². The Balaban J connectivity index is 1.95. The van der Waals surface area contributed by atoms with Gasteiger partial charge in [-0.15, -0.1) is 0 Å². The molecule has 1 heterocycles. The first kappa shape index (κ1) is 12.4. The Bertz CT molecular complexity index is 564. The van der Waals surface area contributed by atoms with Crippen LogP contribution in [-0.4, -0.2) is 9.97 Å². The van der Waals surface area contributed by atoms with Gasteiger partial charge in [-0.2, -0.15) is 0 Å². The maximum atomic E-state index is 6.15. The SMILES string of the molecule is Cc1nc(C2Cc3ccccc3C2)nc(Cl)c1I. The van der Waals surface area contributed by atoms with E-state index >= 15 is 0 Å². The van der Waals surface area contributed by atoms with E-state index in [1.54, 1.807) is 0 Å². The molecule has 0 amide bonds. The molecule has 1 aromatic carbocycles. The molecule has 0 radical (unpaired) electrons. The molecule has 0 spiro atoms. The first-order valence-corrected chi connectivity index (χ1v) is 7.37. The van der Waals surface area contributed by atoms with Gasteiger partial charge >= 0.3 is 0 Å². The highest BCUT2D eigenvalue weighted by Crippen LogP contribution is 2.33. The van der Waals surface area contributed by atoms with Crippen molar-refractivity contribution < 1.29 is 0 Å². The zero-order valence-corrected chi connectivity index (χ0v) is 12.9. The Morgan fingerprint density at radius 1 is 1.17 bits per heavy atom. The molecular weight excluding hydrogens is 359 g/mol. The first-order valence-electron chi connectivity index (χ1n) is 5.91. The van der Waals surface area contributed by atoms with Crippen LogP contribution in [0, 0.1) is 10.5 Å². The van der Waals surface area contributed by atoms with Crippen LogP contribution in [0.3, 0.4) is 0 Å². The van der Waals surface area contributed by atoms with Crippen LogP contribution < -0.4 is 0 Å². The third-order valence-corrected chi connectivity index (χ3v) is 5.29. The number of fused-ring (bicyclic) bond motifs is 1. The molecule has 0 N–H and O–H groups in total. The van der Waals surface area contributed by atoms with Gasteiger partial charge in [0.2, 0.25) is 0 Å². The molecule has 0 bridgehead atoms. The molecule has 3 rings (SSSR count). The molecule has 4 heteroatoms. The van der Waals surface area contributed by atoms with E-state index in [0.29, 0.717) is 11.1 Å². The van der Waals surface area contributed by atoms with E-state index in [1.165, 1.54) is 11.1 Å². The van der Waals surface area contributed by atoms with E-state index in [1.807, 2.05) is 6.92 Å². The molecule has 0 saturated heterocycles. The molecular formula is C14H12ClIN2. The summed E-state index contributed by atoms with van der Waals surface area (Å²) < 4.78 is 0.952. The van der Waals surface area contributed by atoms with Crippen LogP contribution in [0.2, 0.25) is 5.15 Å². The lowest BCUT2D eigenvalue weighted by Crippen LogP contribution is -2.07. The second-order valence-corrected chi connectivity index (χ2v) is 6.08. The number of aryl methyl sites for hydroxylation is 1. The second kappa shape index (κ2) is 4.78. The largest absolute Gasteiger partial charge is 0.237 e. The van der Waals surface area contributed by atoms with Crippen molar-refractivity contribution in [2.45, 2.75) is 25.7 Å². The van der Waals surface area contributed by atoms with Crippen LogP contribution in [0.1, 0.15) is 28.6 Å². The number of rotatable bonds is 1. The van der Waals surface area contributed by atoms with Crippen LogP contribution in [0.15, 0.2) is 24.3 Å². The van der Waals surface area contributed by atoms with E-state index in [4.69, 9.17) is 11.6 Å². The molecule has 0 unspecified atom stereocenters. The molecule has 0 fully saturated rings. The van der Waals surface area contributed by atoms with Crippen LogP contribution in [0.4, 0.5) is 0 Å². The minimum Gasteiger partial charge on any atom is -0.237 e. The highest BCUT2D eigenvalue weighted by atomic mass is 127. The predicted molar refractivity (Wildman–Crippen MR) is 81.1 cm³/mol. The number of nitrogens with zero attached hydrogens (tertiary/aromatic N) is 2. The molecule has 1 aliphatic rings. The molecule has 2 aromatic rings. The summed E-state index contributed by atoms with van der Waals surface area (Å²) in [5.41, 5.74) is 3.80. The number of aromatic nitrogens is 2. The number of hydrogen-bond donors (Lipinski definition) is 0.